The van der Waals surface area contributed by atoms with Gasteiger partial charge in [0.2, 0.25) is 0 Å². The zero-order valence-corrected chi connectivity index (χ0v) is 11.1. The summed E-state index contributed by atoms with van der Waals surface area (Å²) in [5.74, 6) is -0.750. The fraction of sp³-hybridized carbons (Fsp3) is 0.333. The Morgan fingerprint density at radius 1 is 1.69 bits per heavy atom. The van der Waals surface area contributed by atoms with Crippen LogP contribution in [-0.2, 0) is 10.6 Å². The Labute approximate surface area is 109 Å². The number of alkyl halides is 3. The van der Waals surface area contributed by atoms with Crippen LogP contribution < -0.4 is 0 Å². The van der Waals surface area contributed by atoms with Crippen LogP contribution in [0.3, 0.4) is 0 Å². The van der Waals surface area contributed by atoms with E-state index in [0.717, 1.165) is 6.20 Å². The summed E-state index contributed by atoms with van der Waals surface area (Å²) < 4.78 is 30.0. The van der Waals surface area contributed by atoms with E-state index in [9.17, 15) is 13.6 Å². The minimum absolute atomic E-state index is 0.129. The van der Waals surface area contributed by atoms with Crippen LogP contribution >= 0.6 is 34.2 Å². The number of hydrogen-bond donors (Lipinski definition) is 0. The molecule has 1 aromatic heterocycles. The van der Waals surface area contributed by atoms with Crippen molar-refractivity contribution in [2.45, 2.75) is 12.3 Å². The molecule has 88 valence electrons. The highest BCUT2D eigenvalue weighted by molar-refractivity contribution is 14.1. The molecule has 0 saturated carbocycles. The number of ether oxygens (including phenoxy) is 1. The largest absolute Gasteiger partial charge is 0.465 e. The van der Waals surface area contributed by atoms with E-state index < -0.39 is 18.1 Å². The van der Waals surface area contributed by atoms with Crippen LogP contribution in [0, 0.1) is 3.57 Å². The second-order valence-electron chi connectivity index (χ2n) is 2.78. The molecule has 0 aliphatic heterocycles. The van der Waals surface area contributed by atoms with Crippen LogP contribution in [0.25, 0.3) is 0 Å². The molecule has 1 heterocycles. The lowest BCUT2D eigenvalue weighted by Crippen LogP contribution is -2.10. The first kappa shape index (κ1) is 13.6. The maximum Gasteiger partial charge on any atom is 0.340 e. The molecule has 1 rings (SSSR count). The van der Waals surface area contributed by atoms with Gasteiger partial charge in [0.25, 0.3) is 6.43 Å². The standard InChI is InChI=1S/C9H7ClF2INO2/c1-16-9(15)5-3-14-7(8(11)12)4(2-10)6(5)13/h3,8H,2H2,1H3. The highest BCUT2D eigenvalue weighted by atomic mass is 127. The predicted molar refractivity (Wildman–Crippen MR) is 62.8 cm³/mol. The van der Waals surface area contributed by atoms with Crippen molar-refractivity contribution in [2.75, 3.05) is 7.11 Å². The van der Waals surface area contributed by atoms with Gasteiger partial charge in [-0.05, 0) is 22.6 Å². The third-order valence-electron chi connectivity index (χ3n) is 1.89. The molecule has 0 amide bonds. The van der Waals surface area contributed by atoms with Crippen LogP contribution in [0.5, 0.6) is 0 Å². The summed E-state index contributed by atoms with van der Waals surface area (Å²) >= 11 is 7.35. The quantitative estimate of drug-likeness (QED) is 0.472. The van der Waals surface area contributed by atoms with E-state index >= 15 is 0 Å². The molecule has 0 unspecified atom stereocenters. The Hall–Kier alpha value is -0.500. The molecule has 0 N–H and O–H groups in total. The van der Waals surface area contributed by atoms with Crippen LogP contribution in [0.15, 0.2) is 6.20 Å². The number of halogens is 4. The second-order valence-corrected chi connectivity index (χ2v) is 4.12. The monoisotopic (exact) mass is 361 g/mol. The molecule has 0 radical (unpaired) electrons. The summed E-state index contributed by atoms with van der Waals surface area (Å²) in [6, 6.07) is 0. The zero-order chi connectivity index (χ0) is 12.3. The smallest absolute Gasteiger partial charge is 0.340 e. The van der Waals surface area contributed by atoms with Gasteiger partial charge < -0.3 is 4.74 Å². The van der Waals surface area contributed by atoms with Crippen molar-refractivity contribution in [1.29, 1.82) is 0 Å². The number of nitrogens with zero attached hydrogens (tertiary/aromatic N) is 1. The number of aromatic nitrogens is 1. The highest BCUT2D eigenvalue weighted by Crippen LogP contribution is 2.28. The number of hydrogen-bond acceptors (Lipinski definition) is 3. The first-order chi connectivity index (χ1) is 7.52. The average Bonchev–Trinajstić information content (AvgIpc) is 2.27. The first-order valence-electron chi connectivity index (χ1n) is 4.12. The van der Waals surface area contributed by atoms with Crippen molar-refractivity contribution in [3.05, 3.63) is 26.6 Å². The predicted octanol–water partition coefficient (Wildman–Crippen LogP) is 3.15. The average molecular weight is 362 g/mol. The van der Waals surface area contributed by atoms with E-state index in [1.807, 2.05) is 0 Å². The van der Waals surface area contributed by atoms with Gasteiger partial charge in [-0.15, -0.1) is 11.6 Å². The van der Waals surface area contributed by atoms with Gasteiger partial charge >= 0.3 is 5.97 Å². The Bertz CT molecular complexity index is 415. The van der Waals surface area contributed by atoms with E-state index in [2.05, 4.69) is 9.72 Å². The number of esters is 1. The van der Waals surface area contributed by atoms with Crippen LogP contribution in [-0.4, -0.2) is 18.1 Å². The van der Waals surface area contributed by atoms with Gasteiger partial charge in [-0.2, -0.15) is 0 Å². The molecule has 0 aliphatic rings. The van der Waals surface area contributed by atoms with Gasteiger partial charge in [-0.25, -0.2) is 13.6 Å². The minimum Gasteiger partial charge on any atom is -0.465 e. The lowest BCUT2D eigenvalue weighted by molar-refractivity contribution is 0.0598. The summed E-state index contributed by atoms with van der Waals surface area (Å²) in [7, 11) is 1.21. The van der Waals surface area contributed by atoms with Gasteiger partial charge in [0, 0.05) is 15.3 Å². The summed E-state index contributed by atoms with van der Waals surface area (Å²) in [5.41, 5.74) is -0.0876. The van der Waals surface area contributed by atoms with Crippen molar-refractivity contribution in [3.63, 3.8) is 0 Å². The van der Waals surface area contributed by atoms with Crippen molar-refractivity contribution < 1.29 is 18.3 Å². The Balaban J connectivity index is 3.34. The van der Waals surface area contributed by atoms with Crippen LogP contribution in [0.2, 0.25) is 0 Å². The van der Waals surface area contributed by atoms with Crippen LogP contribution in [0.4, 0.5) is 8.78 Å². The third kappa shape index (κ3) is 2.60. The fourth-order valence-corrected chi connectivity index (χ4v) is 2.43. The maximum absolute atomic E-state index is 12.6. The van der Waals surface area contributed by atoms with E-state index in [1.54, 1.807) is 22.6 Å². The van der Waals surface area contributed by atoms with Gasteiger partial charge in [-0.1, -0.05) is 0 Å². The van der Waals surface area contributed by atoms with Crippen molar-refractivity contribution in [2.24, 2.45) is 0 Å². The molecular weight excluding hydrogens is 354 g/mol. The Kier molecular flexibility index (Phi) is 4.85. The van der Waals surface area contributed by atoms with Gasteiger partial charge in [0.1, 0.15) is 5.69 Å². The molecule has 0 bridgehead atoms. The molecule has 3 nitrogen and oxygen atoms in total. The summed E-state index contributed by atoms with van der Waals surface area (Å²) in [4.78, 5) is 14.8. The molecule has 0 aliphatic carbocycles. The van der Waals surface area contributed by atoms with Crippen molar-refractivity contribution in [3.8, 4) is 0 Å². The number of rotatable bonds is 3. The molecule has 1 aromatic rings. The molecule has 0 fully saturated rings. The number of pyridine rings is 1. The maximum atomic E-state index is 12.6. The van der Waals surface area contributed by atoms with Crippen molar-refractivity contribution in [1.82, 2.24) is 4.98 Å². The SMILES string of the molecule is COC(=O)c1cnc(C(F)F)c(CCl)c1I. The van der Waals surface area contributed by atoms with Gasteiger partial charge in [-0.3, -0.25) is 4.98 Å². The van der Waals surface area contributed by atoms with E-state index in [4.69, 9.17) is 11.6 Å². The summed E-state index contributed by atoms with van der Waals surface area (Å²) in [6.45, 7) is 0. The molecule has 0 saturated heterocycles. The number of carbonyl (C=O) groups excluding carboxylic acids is 1. The topological polar surface area (TPSA) is 39.2 Å². The summed E-state index contributed by atoms with van der Waals surface area (Å²) in [5, 5.41) is 0. The van der Waals surface area contributed by atoms with E-state index in [0.29, 0.717) is 3.57 Å². The molecule has 0 spiro atoms. The summed E-state index contributed by atoms with van der Waals surface area (Å²) in [6.07, 6.45) is -1.64. The Morgan fingerprint density at radius 2 is 2.31 bits per heavy atom. The van der Waals surface area contributed by atoms with Crippen LogP contribution in [0.1, 0.15) is 28.0 Å². The van der Waals surface area contributed by atoms with Gasteiger partial charge in [0.15, 0.2) is 0 Å². The number of carbonyl (C=O) groups is 1. The van der Waals surface area contributed by atoms with Crippen molar-refractivity contribution >= 4 is 40.2 Å². The molecule has 7 heteroatoms. The lowest BCUT2D eigenvalue weighted by Gasteiger charge is -2.10. The highest BCUT2D eigenvalue weighted by Gasteiger charge is 2.21. The van der Waals surface area contributed by atoms with E-state index in [1.165, 1.54) is 7.11 Å². The third-order valence-corrected chi connectivity index (χ3v) is 3.39. The zero-order valence-electron chi connectivity index (χ0n) is 8.14. The lowest BCUT2D eigenvalue weighted by atomic mass is 10.1. The Morgan fingerprint density at radius 3 is 2.75 bits per heavy atom. The first-order valence-corrected chi connectivity index (χ1v) is 5.74. The molecule has 0 atom stereocenters. The molecular formula is C9H7ClF2INO2. The van der Waals surface area contributed by atoms with Gasteiger partial charge in [0.05, 0.1) is 18.6 Å². The van der Waals surface area contributed by atoms with E-state index in [-0.39, 0.29) is 17.0 Å². The normalized spacial score (nSPS) is 10.6. The fourth-order valence-electron chi connectivity index (χ4n) is 1.11. The molecule has 0 aromatic carbocycles. The second kappa shape index (κ2) is 5.72. The number of methoxy groups -OCH3 is 1. The molecule has 16 heavy (non-hydrogen) atoms. The minimum atomic E-state index is -2.71.